The molecule has 106 valence electrons. The number of rotatable bonds is 4. The van der Waals surface area contributed by atoms with Crippen LogP contribution in [0.5, 0.6) is 0 Å². The molecule has 1 aromatic rings. The molecule has 0 aromatic heterocycles. The van der Waals surface area contributed by atoms with E-state index < -0.39 is 0 Å². The van der Waals surface area contributed by atoms with Gasteiger partial charge >= 0.3 is 0 Å². The zero-order chi connectivity index (χ0) is 14.4. The van der Waals surface area contributed by atoms with Gasteiger partial charge in [0.2, 0.25) is 5.91 Å². The number of anilines is 1. The Bertz CT molecular complexity index is 521. The number of benzene rings is 1. The summed E-state index contributed by atoms with van der Waals surface area (Å²) in [5.74, 6) is 0.254. The van der Waals surface area contributed by atoms with Crippen molar-refractivity contribution in [1.29, 1.82) is 5.41 Å². The summed E-state index contributed by atoms with van der Waals surface area (Å²) in [5.41, 5.74) is 5.21. The second kappa shape index (κ2) is 6.70. The Morgan fingerprint density at radius 1 is 1.35 bits per heavy atom. The van der Waals surface area contributed by atoms with E-state index in [1.807, 2.05) is 24.3 Å². The standard InChI is InChI=1S/C14H19N5O/c1-2-9-16-14(15)17-11-5-3-10(4-6-11)12-7-8-13(20)19-18-12/h3-6H,2,7-9H2,1H3,(H,19,20)(H3,15,16,17). The maximum absolute atomic E-state index is 11.0. The SMILES string of the molecule is CCCNC(=N)Nc1ccc(C2=NNC(=O)CC2)cc1. The van der Waals surface area contributed by atoms with Crippen LogP contribution in [0.2, 0.25) is 0 Å². The van der Waals surface area contributed by atoms with Crippen molar-refractivity contribution in [3.05, 3.63) is 29.8 Å². The van der Waals surface area contributed by atoms with Crippen molar-refractivity contribution in [2.75, 3.05) is 11.9 Å². The van der Waals surface area contributed by atoms with Gasteiger partial charge in [-0.25, -0.2) is 5.43 Å². The highest BCUT2D eigenvalue weighted by Crippen LogP contribution is 2.14. The van der Waals surface area contributed by atoms with Crippen LogP contribution in [0.25, 0.3) is 0 Å². The number of nitrogens with zero attached hydrogens (tertiary/aromatic N) is 1. The highest BCUT2D eigenvalue weighted by Gasteiger charge is 2.12. The summed E-state index contributed by atoms with van der Waals surface area (Å²) in [6.45, 7) is 2.83. The van der Waals surface area contributed by atoms with Crippen LogP contribution in [0.1, 0.15) is 31.7 Å². The molecule has 6 nitrogen and oxygen atoms in total. The quantitative estimate of drug-likeness (QED) is 0.496. The van der Waals surface area contributed by atoms with Crippen molar-refractivity contribution < 1.29 is 4.79 Å². The molecule has 4 N–H and O–H groups in total. The third-order valence-corrected chi connectivity index (χ3v) is 2.94. The van der Waals surface area contributed by atoms with Crippen LogP contribution in [0, 0.1) is 5.41 Å². The lowest BCUT2D eigenvalue weighted by molar-refractivity contribution is -0.121. The van der Waals surface area contributed by atoms with E-state index in [0.29, 0.717) is 18.8 Å². The van der Waals surface area contributed by atoms with Crippen LogP contribution in [-0.4, -0.2) is 24.1 Å². The first-order valence-corrected chi connectivity index (χ1v) is 6.74. The Morgan fingerprint density at radius 2 is 2.10 bits per heavy atom. The van der Waals surface area contributed by atoms with Gasteiger partial charge in [-0.15, -0.1) is 0 Å². The Labute approximate surface area is 118 Å². The van der Waals surface area contributed by atoms with Gasteiger partial charge in [0.05, 0.1) is 5.71 Å². The number of hydrogen-bond acceptors (Lipinski definition) is 3. The average molecular weight is 273 g/mol. The molecule has 2 rings (SSSR count). The van der Waals surface area contributed by atoms with Gasteiger partial charge in [-0.2, -0.15) is 5.10 Å². The lowest BCUT2D eigenvalue weighted by atomic mass is 10.0. The van der Waals surface area contributed by atoms with Crippen LogP contribution < -0.4 is 16.1 Å². The van der Waals surface area contributed by atoms with E-state index in [4.69, 9.17) is 5.41 Å². The van der Waals surface area contributed by atoms with Crippen molar-refractivity contribution in [3.8, 4) is 0 Å². The number of carbonyl (C=O) groups is 1. The topological polar surface area (TPSA) is 89.4 Å². The van der Waals surface area contributed by atoms with Gasteiger partial charge in [0.15, 0.2) is 5.96 Å². The fourth-order valence-electron chi connectivity index (χ4n) is 1.87. The number of nitrogens with one attached hydrogen (secondary N) is 4. The molecule has 1 aliphatic heterocycles. The second-order valence-corrected chi connectivity index (χ2v) is 4.60. The van der Waals surface area contributed by atoms with E-state index in [0.717, 1.165) is 29.9 Å². The fourth-order valence-corrected chi connectivity index (χ4v) is 1.87. The Morgan fingerprint density at radius 3 is 2.70 bits per heavy atom. The third-order valence-electron chi connectivity index (χ3n) is 2.94. The van der Waals surface area contributed by atoms with E-state index in [1.54, 1.807) is 0 Å². The molecular formula is C14H19N5O. The maximum atomic E-state index is 11.0. The predicted octanol–water partition coefficient (Wildman–Crippen LogP) is 1.65. The smallest absolute Gasteiger partial charge is 0.240 e. The fraction of sp³-hybridized carbons (Fsp3) is 0.357. The summed E-state index contributed by atoms with van der Waals surface area (Å²) in [6, 6.07) is 7.67. The Hall–Kier alpha value is -2.37. The lowest BCUT2D eigenvalue weighted by Crippen LogP contribution is -2.30. The van der Waals surface area contributed by atoms with Crippen LogP contribution in [0.15, 0.2) is 29.4 Å². The molecule has 0 bridgehead atoms. The molecule has 0 spiro atoms. The van der Waals surface area contributed by atoms with Crippen molar-refractivity contribution in [3.63, 3.8) is 0 Å². The summed E-state index contributed by atoms with van der Waals surface area (Å²) in [6.07, 6.45) is 2.12. The highest BCUT2D eigenvalue weighted by atomic mass is 16.2. The monoisotopic (exact) mass is 273 g/mol. The van der Waals surface area contributed by atoms with Gasteiger partial charge in [0, 0.05) is 25.1 Å². The number of guanidine groups is 1. The molecule has 0 atom stereocenters. The van der Waals surface area contributed by atoms with E-state index in [9.17, 15) is 4.79 Å². The van der Waals surface area contributed by atoms with E-state index in [2.05, 4.69) is 28.1 Å². The minimum absolute atomic E-state index is 0.0394. The van der Waals surface area contributed by atoms with E-state index in [1.165, 1.54) is 0 Å². The molecular weight excluding hydrogens is 254 g/mol. The molecule has 0 unspecified atom stereocenters. The molecule has 0 aliphatic carbocycles. The first-order chi connectivity index (χ1) is 9.69. The van der Waals surface area contributed by atoms with Gasteiger partial charge in [-0.1, -0.05) is 19.1 Å². The number of hydrazone groups is 1. The minimum Gasteiger partial charge on any atom is -0.356 e. The average Bonchev–Trinajstić information content (AvgIpc) is 2.47. The lowest BCUT2D eigenvalue weighted by Gasteiger charge is -2.13. The Kier molecular flexibility index (Phi) is 4.70. The van der Waals surface area contributed by atoms with Crippen molar-refractivity contribution in [2.45, 2.75) is 26.2 Å². The zero-order valence-electron chi connectivity index (χ0n) is 11.5. The molecule has 20 heavy (non-hydrogen) atoms. The number of hydrogen-bond donors (Lipinski definition) is 4. The summed E-state index contributed by atoms with van der Waals surface area (Å²) in [4.78, 5) is 11.0. The van der Waals surface area contributed by atoms with Crippen molar-refractivity contribution in [1.82, 2.24) is 10.7 Å². The molecule has 1 aliphatic rings. The summed E-state index contributed by atoms with van der Waals surface area (Å²) >= 11 is 0. The third kappa shape index (κ3) is 3.81. The number of amides is 1. The van der Waals surface area contributed by atoms with Gasteiger partial charge in [0.25, 0.3) is 0 Å². The van der Waals surface area contributed by atoms with Crippen LogP contribution in [-0.2, 0) is 4.79 Å². The van der Waals surface area contributed by atoms with Gasteiger partial charge in [-0.05, 0) is 24.1 Å². The van der Waals surface area contributed by atoms with Crippen molar-refractivity contribution in [2.24, 2.45) is 5.10 Å². The molecule has 0 saturated heterocycles. The van der Waals surface area contributed by atoms with E-state index >= 15 is 0 Å². The normalized spacial score (nSPS) is 14.2. The van der Waals surface area contributed by atoms with Crippen LogP contribution >= 0.6 is 0 Å². The van der Waals surface area contributed by atoms with E-state index in [-0.39, 0.29) is 5.91 Å². The molecule has 0 saturated carbocycles. The summed E-state index contributed by atoms with van der Waals surface area (Å²) in [7, 11) is 0. The molecule has 0 radical (unpaired) electrons. The van der Waals surface area contributed by atoms with Crippen LogP contribution in [0.4, 0.5) is 5.69 Å². The predicted molar refractivity (Wildman–Crippen MR) is 80.0 cm³/mol. The molecule has 1 amide bonds. The van der Waals surface area contributed by atoms with Crippen LogP contribution in [0.3, 0.4) is 0 Å². The van der Waals surface area contributed by atoms with Gasteiger partial charge in [-0.3, -0.25) is 10.2 Å². The highest BCUT2D eigenvalue weighted by molar-refractivity contribution is 6.04. The first-order valence-electron chi connectivity index (χ1n) is 6.74. The Balaban J connectivity index is 1.96. The largest absolute Gasteiger partial charge is 0.356 e. The zero-order valence-corrected chi connectivity index (χ0v) is 11.5. The molecule has 6 heteroatoms. The summed E-state index contributed by atoms with van der Waals surface area (Å²) in [5, 5.41) is 17.7. The second-order valence-electron chi connectivity index (χ2n) is 4.60. The first kappa shape index (κ1) is 14.0. The van der Waals surface area contributed by atoms with Gasteiger partial charge < -0.3 is 10.6 Å². The number of carbonyl (C=O) groups excluding carboxylic acids is 1. The maximum Gasteiger partial charge on any atom is 0.240 e. The summed E-state index contributed by atoms with van der Waals surface area (Å²) < 4.78 is 0. The van der Waals surface area contributed by atoms with Crippen molar-refractivity contribution >= 4 is 23.3 Å². The molecule has 0 fully saturated rings. The minimum atomic E-state index is -0.0394. The molecule has 1 aromatic carbocycles. The molecule has 1 heterocycles. The van der Waals surface area contributed by atoms with Gasteiger partial charge in [0.1, 0.15) is 0 Å².